The van der Waals surface area contributed by atoms with Gasteiger partial charge in [-0.1, -0.05) is 37.3 Å². The minimum Gasteiger partial charge on any atom is -0.323 e. The van der Waals surface area contributed by atoms with Crippen LogP contribution in [0.2, 0.25) is 0 Å². The lowest BCUT2D eigenvalue weighted by Gasteiger charge is -2.17. The standard InChI is InChI=1S/C18H19FN2O/c1-3-12-14-8-11(9-15(19)17(14)21-18(12)22)16(20)13-7-5-4-6-10(13)2/h4-9,12,16H,3,20H2,1-2H3,(H,21,22). The average molecular weight is 298 g/mol. The number of halogens is 1. The molecule has 2 aromatic carbocycles. The van der Waals surface area contributed by atoms with Gasteiger partial charge in [-0.05, 0) is 41.7 Å². The molecule has 3 nitrogen and oxygen atoms in total. The van der Waals surface area contributed by atoms with Gasteiger partial charge in [0.1, 0.15) is 5.82 Å². The number of nitrogens with two attached hydrogens (primary N) is 1. The van der Waals surface area contributed by atoms with Gasteiger partial charge in [-0.15, -0.1) is 0 Å². The predicted octanol–water partition coefficient (Wildman–Crippen LogP) is 3.63. The second kappa shape index (κ2) is 5.54. The van der Waals surface area contributed by atoms with Crippen molar-refractivity contribution in [2.24, 2.45) is 5.73 Å². The van der Waals surface area contributed by atoms with E-state index in [1.807, 2.05) is 44.2 Å². The third-order valence-electron chi connectivity index (χ3n) is 4.37. The molecule has 3 rings (SSSR count). The molecule has 2 aromatic rings. The Kier molecular flexibility index (Phi) is 3.71. The average Bonchev–Trinajstić information content (AvgIpc) is 2.83. The fourth-order valence-electron chi connectivity index (χ4n) is 3.11. The molecule has 2 atom stereocenters. The molecule has 1 aliphatic rings. The molecule has 0 fully saturated rings. The lowest BCUT2D eigenvalue weighted by atomic mass is 9.91. The summed E-state index contributed by atoms with van der Waals surface area (Å²) in [7, 11) is 0. The highest BCUT2D eigenvalue weighted by atomic mass is 19.1. The number of anilines is 1. The molecule has 1 amide bonds. The zero-order valence-corrected chi connectivity index (χ0v) is 12.7. The first-order valence-corrected chi connectivity index (χ1v) is 7.48. The number of nitrogens with one attached hydrogen (secondary N) is 1. The van der Waals surface area contributed by atoms with Gasteiger partial charge in [-0.25, -0.2) is 4.39 Å². The molecule has 22 heavy (non-hydrogen) atoms. The Hall–Kier alpha value is -2.20. The van der Waals surface area contributed by atoms with Crippen molar-refractivity contribution in [2.75, 3.05) is 5.32 Å². The van der Waals surface area contributed by atoms with Crippen LogP contribution in [0.1, 0.15) is 47.6 Å². The normalized spacial score (nSPS) is 18.0. The highest BCUT2D eigenvalue weighted by Gasteiger charge is 2.32. The number of amides is 1. The van der Waals surface area contributed by atoms with E-state index in [0.717, 1.165) is 11.1 Å². The quantitative estimate of drug-likeness (QED) is 0.909. The molecule has 1 heterocycles. The molecule has 2 unspecified atom stereocenters. The SMILES string of the molecule is CCC1C(=O)Nc2c(F)cc(C(N)c3ccccc3C)cc21. The van der Waals surface area contributed by atoms with Gasteiger partial charge in [0, 0.05) is 0 Å². The second-order valence-electron chi connectivity index (χ2n) is 5.75. The first-order chi connectivity index (χ1) is 10.5. The molecule has 0 spiro atoms. The fraction of sp³-hybridized carbons (Fsp3) is 0.278. The van der Waals surface area contributed by atoms with E-state index in [4.69, 9.17) is 5.73 Å². The van der Waals surface area contributed by atoms with E-state index in [9.17, 15) is 9.18 Å². The number of aryl methyl sites for hydroxylation is 1. The topological polar surface area (TPSA) is 55.1 Å². The predicted molar refractivity (Wildman–Crippen MR) is 85.3 cm³/mol. The number of benzene rings is 2. The molecule has 0 aliphatic carbocycles. The summed E-state index contributed by atoms with van der Waals surface area (Å²) in [4.78, 5) is 11.9. The van der Waals surface area contributed by atoms with Crippen molar-refractivity contribution in [3.8, 4) is 0 Å². The van der Waals surface area contributed by atoms with Crippen LogP contribution in [-0.4, -0.2) is 5.91 Å². The van der Waals surface area contributed by atoms with Gasteiger partial charge in [-0.3, -0.25) is 4.79 Å². The maximum atomic E-state index is 14.3. The van der Waals surface area contributed by atoms with Crippen LogP contribution in [0.5, 0.6) is 0 Å². The van der Waals surface area contributed by atoms with E-state index in [-0.39, 0.29) is 11.8 Å². The zero-order chi connectivity index (χ0) is 15.9. The largest absolute Gasteiger partial charge is 0.323 e. The molecular formula is C18H19FN2O. The second-order valence-corrected chi connectivity index (χ2v) is 5.75. The summed E-state index contributed by atoms with van der Waals surface area (Å²) in [5, 5.41) is 2.63. The van der Waals surface area contributed by atoms with Crippen molar-refractivity contribution >= 4 is 11.6 Å². The molecular weight excluding hydrogens is 279 g/mol. The van der Waals surface area contributed by atoms with Crippen LogP contribution in [0.25, 0.3) is 0 Å². The first-order valence-electron chi connectivity index (χ1n) is 7.48. The summed E-state index contributed by atoms with van der Waals surface area (Å²) in [5.74, 6) is -0.854. The zero-order valence-electron chi connectivity index (χ0n) is 12.7. The third kappa shape index (κ3) is 2.29. The molecule has 0 saturated carbocycles. The van der Waals surface area contributed by atoms with E-state index >= 15 is 0 Å². The summed E-state index contributed by atoms with van der Waals surface area (Å²) >= 11 is 0. The van der Waals surface area contributed by atoms with Gasteiger partial charge in [-0.2, -0.15) is 0 Å². The first kappa shape index (κ1) is 14.7. The van der Waals surface area contributed by atoms with Crippen LogP contribution >= 0.6 is 0 Å². The number of carbonyl (C=O) groups is 1. The fourth-order valence-corrected chi connectivity index (χ4v) is 3.11. The van der Waals surface area contributed by atoms with Crippen LogP contribution < -0.4 is 11.1 Å². The monoisotopic (exact) mass is 298 g/mol. The molecule has 1 aliphatic heterocycles. The van der Waals surface area contributed by atoms with Crippen molar-refractivity contribution in [1.82, 2.24) is 0 Å². The van der Waals surface area contributed by atoms with E-state index < -0.39 is 11.9 Å². The van der Waals surface area contributed by atoms with E-state index in [2.05, 4.69) is 5.32 Å². The lowest BCUT2D eigenvalue weighted by Crippen LogP contribution is -2.14. The molecule has 0 saturated heterocycles. The van der Waals surface area contributed by atoms with Gasteiger partial charge >= 0.3 is 0 Å². The highest BCUT2D eigenvalue weighted by molar-refractivity contribution is 6.03. The van der Waals surface area contributed by atoms with Crippen LogP contribution in [-0.2, 0) is 4.79 Å². The van der Waals surface area contributed by atoms with Gasteiger partial charge < -0.3 is 11.1 Å². The van der Waals surface area contributed by atoms with Crippen molar-refractivity contribution in [2.45, 2.75) is 32.2 Å². The molecule has 0 bridgehead atoms. The Balaban J connectivity index is 2.07. The molecule has 0 radical (unpaired) electrons. The van der Waals surface area contributed by atoms with Crippen LogP contribution in [0.3, 0.4) is 0 Å². The Morgan fingerprint density at radius 1 is 1.32 bits per heavy atom. The number of hydrogen-bond acceptors (Lipinski definition) is 2. The molecule has 4 heteroatoms. The number of rotatable bonds is 3. The molecule has 114 valence electrons. The van der Waals surface area contributed by atoms with E-state index in [1.165, 1.54) is 6.07 Å². The summed E-state index contributed by atoms with van der Waals surface area (Å²) in [6, 6.07) is 10.7. The Labute approximate surface area is 129 Å². The summed E-state index contributed by atoms with van der Waals surface area (Å²) in [5.41, 5.74) is 10.1. The van der Waals surface area contributed by atoms with Gasteiger partial charge in [0.05, 0.1) is 17.6 Å². The smallest absolute Gasteiger partial charge is 0.232 e. The summed E-state index contributed by atoms with van der Waals surface area (Å²) in [6.45, 7) is 3.91. The number of fused-ring (bicyclic) bond motifs is 1. The minimum absolute atomic E-state index is 0.141. The van der Waals surface area contributed by atoms with Crippen LogP contribution in [0.15, 0.2) is 36.4 Å². The van der Waals surface area contributed by atoms with Gasteiger partial charge in [0.2, 0.25) is 5.91 Å². The van der Waals surface area contributed by atoms with Crippen LogP contribution in [0, 0.1) is 12.7 Å². The minimum atomic E-state index is -0.416. The maximum Gasteiger partial charge on any atom is 0.232 e. The van der Waals surface area contributed by atoms with Gasteiger partial charge in [0.25, 0.3) is 0 Å². The highest BCUT2D eigenvalue weighted by Crippen LogP contribution is 2.39. The van der Waals surface area contributed by atoms with Crippen molar-refractivity contribution in [1.29, 1.82) is 0 Å². The summed E-state index contributed by atoms with van der Waals surface area (Å²) < 4.78 is 14.3. The van der Waals surface area contributed by atoms with E-state index in [0.29, 0.717) is 23.2 Å². The Morgan fingerprint density at radius 3 is 2.73 bits per heavy atom. The number of hydrogen-bond donors (Lipinski definition) is 2. The van der Waals surface area contributed by atoms with Crippen molar-refractivity contribution < 1.29 is 9.18 Å². The van der Waals surface area contributed by atoms with Crippen molar-refractivity contribution in [3.05, 3.63) is 64.5 Å². The number of carbonyl (C=O) groups excluding carboxylic acids is 1. The Bertz CT molecular complexity index is 742. The lowest BCUT2D eigenvalue weighted by molar-refractivity contribution is -0.117. The van der Waals surface area contributed by atoms with Crippen molar-refractivity contribution in [3.63, 3.8) is 0 Å². The van der Waals surface area contributed by atoms with Crippen LogP contribution in [0.4, 0.5) is 10.1 Å². The molecule has 3 N–H and O–H groups in total. The maximum absolute atomic E-state index is 14.3. The molecule has 0 aromatic heterocycles. The Morgan fingerprint density at radius 2 is 2.05 bits per heavy atom. The third-order valence-corrected chi connectivity index (χ3v) is 4.37. The van der Waals surface area contributed by atoms with Gasteiger partial charge in [0.15, 0.2) is 0 Å². The van der Waals surface area contributed by atoms with E-state index in [1.54, 1.807) is 0 Å². The summed E-state index contributed by atoms with van der Waals surface area (Å²) in [6.07, 6.45) is 0.640.